The Morgan fingerprint density at radius 1 is 1.64 bits per heavy atom. The zero-order valence-electron chi connectivity index (χ0n) is 6.79. The number of thiocarbonyl (C=S) groups is 1. The van der Waals surface area contributed by atoms with Crippen LogP contribution >= 0.6 is 24.0 Å². The minimum Gasteiger partial charge on any atom is -0.482 e. The van der Waals surface area contributed by atoms with Crippen LogP contribution < -0.4 is 0 Å². The van der Waals surface area contributed by atoms with Crippen molar-refractivity contribution in [1.29, 1.82) is 0 Å². The minimum atomic E-state index is 0.0365. The molecule has 0 aromatic rings. The molecule has 1 amide bonds. The van der Waals surface area contributed by atoms with Gasteiger partial charge in [-0.3, -0.25) is 4.79 Å². The van der Waals surface area contributed by atoms with E-state index in [4.69, 9.17) is 17.0 Å². The summed E-state index contributed by atoms with van der Waals surface area (Å²) >= 11 is 5.96. The zero-order valence-corrected chi connectivity index (χ0v) is 8.42. The van der Waals surface area contributed by atoms with Gasteiger partial charge in [0.2, 0.25) is 10.3 Å². The van der Waals surface area contributed by atoms with E-state index in [-0.39, 0.29) is 5.91 Å². The highest BCUT2D eigenvalue weighted by atomic mass is 32.2. The molecule has 0 aliphatic rings. The standard InChI is InChI=1S/C6H11NO2S2/c1-7(2)5(8)4-11-6(10)9-3/h4H2,1-3H3. The summed E-state index contributed by atoms with van der Waals surface area (Å²) in [4.78, 5) is 12.5. The van der Waals surface area contributed by atoms with Crippen molar-refractivity contribution in [3.8, 4) is 0 Å². The van der Waals surface area contributed by atoms with E-state index in [1.807, 2.05) is 0 Å². The molecule has 5 heteroatoms. The molecule has 0 aliphatic heterocycles. The summed E-state index contributed by atoms with van der Waals surface area (Å²) in [6.45, 7) is 0. The van der Waals surface area contributed by atoms with Crippen LogP contribution in [0.3, 0.4) is 0 Å². The van der Waals surface area contributed by atoms with Crippen LogP contribution in [-0.2, 0) is 9.53 Å². The summed E-state index contributed by atoms with van der Waals surface area (Å²) in [6.07, 6.45) is 0. The number of amides is 1. The molecule has 0 radical (unpaired) electrons. The number of hydrogen-bond donors (Lipinski definition) is 0. The molecule has 0 bridgehead atoms. The highest BCUT2D eigenvalue weighted by Crippen LogP contribution is 2.04. The lowest BCUT2D eigenvalue weighted by Crippen LogP contribution is -2.24. The summed E-state index contributed by atoms with van der Waals surface area (Å²) < 4.78 is 5.11. The van der Waals surface area contributed by atoms with E-state index in [0.717, 1.165) is 0 Å². The molecule has 0 spiro atoms. The number of hydrogen-bond acceptors (Lipinski definition) is 4. The number of nitrogens with zero attached hydrogens (tertiary/aromatic N) is 1. The van der Waals surface area contributed by atoms with E-state index < -0.39 is 0 Å². The van der Waals surface area contributed by atoms with Crippen LogP contribution in [0.4, 0.5) is 0 Å². The predicted octanol–water partition coefficient (Wildman–Crippen LogP) is 0.739. The maximum absolute atomic E-state index is 11.0. The van der Waals surface area contributed by atoms with Gasteiger partial charge >= 0.3 is 0 Å². The number of carbonyl (C=O) groups is 1. The second-order valence-electron chi connectivity index (χ2n) is 2.03. The normalized spacial score (nSPS) is 9.00. The Labute approximate surface area is 76.1 Å². The molecule has 3 nitrogen and oxygen atoms in total. The van der Waals surface area contributed by atoms with Crippen LogP contribution in [0.2, 0.25) is 0 Å². The van der Waals surface area contributed by atoms with Gasteiger partial charge in [0.1, 0.15) is 0 Å². The highest BCUT2D eigenvalue weighted by Gasteiger charge is 2.05. The van der Waals surface area contributed by atoms with E-state index in [1.165, 1.54) is 23.8 Å². The first-order valence-corrected chi connectivity index (χ1v) is 4.38. The molecule has 0 saturated heterocycles. The third-order valence-electron chi connectivity index (χ3n) is 0.979. The summed E-state index contributed by atoms with van der Waals surface area (Å²) in [5, 5.41) is 0. The third-order valence-corrected chi connectivity index (χ3v) is 2.29. The van der Waals surface area contributed by atoms with Crippen LogP contribution in [0.1, 0.15) is 0 Å². The summed E-state index contributed by atoms with van der Waals surface area (Å²) in [5.41, 5.74) is 0. The fourth-order valence-electron chi connectivity index (χ4n) is 0.309. The Morgan fingerprint density at radius 3 is 2.55 bits per heavy atom. The van der Waals surface area contributed by atoms with E-state index in [1.54, 1.807) is 14.1 Å². The smallest absolute Gasteiger partial charge is 0.232 e. The molecular weight excluding hydrogens is 182 g/mol. The Morgan fingerprint density at radius 2 is 2.18 bits per heavy atom. The van der Waals surface area contributed by atoms with Gasteiger partial charge in [0, 0.05) is 14.1 Å². The molecule has 0 fully saturated rings. The van der Waals surface area contributed by atoms with Gasteiger partial charge in [-0.25, -0.2) is 0 Å². The molecule has 0 aromatic heterocycles. The van der Waals surface area contributed by atoms with Crippen molar-refractivity contribution in [2.75, 3.05) is 27.0 Å². The molecule has 0 heterocycles. The Bertz CT molecular complexity index is 159. The quantitative estimate of drug-likeness (QED) is 0.605. The first-order valence-electron chi connectivity index (χ1n) is 2.99. The van der Waals surface area contributed by atoms with Crippen molar-refractivity contribution in [2.24, 2.45) is 0 Å². The van der Waals surface area contributed by atoms with Crippen LogP contribution in [0, 0.1) is 0 Å². The van der Waals surface area contributed by atoms with Crippen LogP contribution in [-0.4, -0.2) is 42.1 Å². The average molecular weight is 193 g/mol. The fourth-order valence-corrected chi connectivity index (χ4v) is 1.10. The van der Waals surface area contributed by atoms with Crippen molar-refractivity contribution < 1.29 is 9.53 Å². The van der Waals surface area contributed by atoms with Crippen molar-refractivity contribution in [1.82, 2.24) is 4.90 Å². The monoisotopic (exact) mass is 193 g/mol. The molecule has 0 unspecified atom stereocenters. The van der Waals surface area contributed by atoms with Crippen LogP contribution in [0.15, 0.2) is 0 Å². The Kier molecular flexibility index (Phi) is 5.23. The third kappa shape index (κ3) is 5.03. The summed E-state index contributed by atoms with van der Waals surface area (Å²) in [7, 11) is 4.91. The molecule has 64 valence electrons. The first-order chi connectivity index (χ1) is 5.07. The molecule has 0 saturated carbocycles. The zero-order chi connectivity index (χ0) is 8.85. The average Bonchev–Trinajstić information content (AvgIpc) is 1.99. The van der Waals surface area contributed by atoms with Gasteiger partial charge in [-0.05, 0) is 12.2 Å². The van der Waals surface area contributed by atoms with E-state index in [2.05, 4.69) is 0 Å². The van der Waals surface area contributed by atoms with E-state index >= 15 is 0 Å². The lowest BCUT2D eigenvalue weighted by Gasteiger charge is -2.08. The van der Waals surface area contributed by atoms with Gasteiger partial charge in [0.05, 0.1) is 12.9 Å². The lowest BCUT2D eigenvalue weighted by molar-refractivity contribution is -0.125. The van der Waals surface area contributed by atoms with Crippen molar-refractivity contribution >= 4 is 34.3 Å². The number of rotatable bonds is 2. The molecule has 0 atom stereocenters. The number of thioether (sulfide) groups is 1. The van der Waals surface area contributed by atoms with Gasteiger partial charge in [0.25, 0.3) is 0 Å². The Hall–Kier alpha value is -0.290. The number of ether oxygens (including phenoxy) is 1. The van der Waals surface area contributed by atoms with Crippen molar-refractivity contribution in [2.45, 2.75) is 0 Å². The van der Waals surface area contributed by atoms with E-state index in [9.17, 15) is 4.79 Å². The van der Waals surface area contributed by atoms with Gasteiger partial charge < -0.3 is 9.64 Å². The maximum atomic E-state index is 11.0. The highest BCUT2D eigenvalue weighted by molar-refractivity contribution is 8.23. The van der Waals surface area contributed by atoms with Gasteiger partial charge in [0.15, 0.2) is 0 Å². The minimum absolute atomic E-state index is 0.0365. The van der Waals surface area contributed by atoms with Crippen LogP contribution in [0.5, 0.6) is 0 Å². The number of carbonyl (C=O) groups excluding carboxylic acids is 1. The Balaban J connectivity index is 3.54. The molecule has 0 aliphatic carbocycles. The van der Waals surface area contributed by atoms with Crippen LogP contribution in [0.25, 0.3) is 0 Å². The second kappa shape index (κ2) is 5.37. The summed E-state index contributed by atoms with van der Waals surface area (Å²) in [6, 6.07) is 0. The molecule has 0 rings (SSSR count). The summed E-state index contributed by atoms with van der Waals surface area (Å²) in [5.74, 6) is 0.383. The van der Waals surface area contributed by atoms with Gasteiger partial charge in [-0.15, -0.1) is 0 Å². The van der Waals surface area contributed by atoms with Gasteiger partial charge in [-0.1, -0.05) is 11.8 Å². The second-order valence-corrected chi connectivity index (χ2v) is 3.61. The SMILES string of the molecule is COC(=S)SCC(=O)N(C)C. The predicted molar refractivity (Wildman–Crippen MR) is 50.8 cm³/mol. The molecule has 0 N–H and O–H groups in total. The van der Waals surface area contributed by atoms with E-state index in [0.29, 0.717) is 10.1 Å². The van der Waals surface area contributed by atoms with Crippen molar-refractivity contribution in [3.63, 3.8) is 0 Å². The van der Waals surface area contributed by atoms with Crippen molar-refractivity contribution in [3.05, 3.63) is 0 Å². The molecule has 0 aromatic carbocycles. The lowest BCUT2D eigenvalue weighted by atomic mass is 10.6. The largest absolute Gasteiger partial charge is 0.482 e. The molecule has 11 heavy (non-hydrogen) atoms. The maximum Gasteiger partial charge on any atom is 0.232 e. The van der Waals surface area contributed by atoms with Gasteiger partial charge in [-0.2, -0.15) is 0 Å². The topological polar surface area (TPSA) is 29.5 Å². The molecular formula is C6H11NO2S2. The fraction of sp³-hybridized carbons (Fsp3) is 0.667. The number of methoxy groups -OCH3 is 1. The first kappa shape index (κ1) is 10.7.